The minimum absolute atomic E-state index is 0.893. The molecule has 2 aliphatic rings. The number of rotatable bonds is 7. The van der Waals surface area contributed by atoms with Gasteiger partial charge in [-0.25, -0.2) is 15.0 Å². The number of nitrogens with zero attached hydrogens (tertiary/aromatic N) is 8. The number of anilines is 2. The number of benzene rings is 2. The zero-order valence-corrected chi connectivity index (χ0v) is 23.9. The summed E-state index contributed by atoms with van der Waals surface area (Å²) in [5, 5.41) is 0. The number of hydrogen-bond donors (Lipinski definition) is 0. The molecule has 0 atom stereocenters. The maximum Gasteiger partial charge on any atom is 0.128 e. The van der Waals surface area contributed by atoms with Crippen molar-refractivity contribution in [3.63, 3.8) is 0 Å². The van der Waals surface area contributed by atoms with Crippen molar-refractivity contribution in [3.05, 3.63) is 109 Å². The molecule has 2 saturated heterocycles. The molecule has 212 valence electrons. The molecule has 0 saturated carbocycles. The SMILES string of the molecule is c1ccc(N2CCN(Cc3cccc(-c4cnc5ccccc5n4)c3CN3CCN(c4ccccn4)CC3)CC2)nc1. The van der Waals surface area contributed by atoms with E-state index in [0.29, 0.717) is 0 Å². The zero-order valence-electron chi connectivity index (χ0n) is 23.9. The van der Waals surface area contributed by atoms with E-state index in [4.69, 9.17) is 9.97 Å². The fraction of sp³-hybridized carbons (Fsp3) is 0.294. The third-order valence-corrected chi connectivity index (χ3v) is 8.46. The molecule has 3 aromatic heterocycles. The maximum atomic E-state index is 5.06. The average Bonchev–Trinajstić information content (AvgIpc) is 3.07. The topological polar surface area (TPSA) is 64.5 Å². The Morgan fingerprint density at radius 3 is 1.74 bits per heavy atom. The van der Waals surface area contributed by atoms with Gasteiger partial charge in [-0.15, -0.1) is 0 Å². The summed E-state index contributed by atoms with van der Waals surface area (Å²) in [5.41, 5.74) is 6.72. The van der Waals surface area contributed by atoms with E-state index in [2.05, 4.69) is 72.0 Å². The Morgan fingerprint density at radius 2 is 1.12 bits per heavy atom. The van der Waals surface area contributed by atoms with Crippen molar-refractivity contribution in [2.24, 2.45) is 0 Å². The largest absolute Gasteiger partial charge is 0.354 e. The van der Waals surface area contributed by atoms with E-state index in [1.54, 1.807) is 0 Å². The molecule has 0 spiro atoms. The van der Waals surface area contributed by atoms with Gasteiger partial charge in [0.05, 0.1) is 22.9 Å². The van der Waals surface area contributed by atoms with Crippen molar-refractivity contribution in [3.8, 4) is 11.3 Å². The predicted octanol–water partition coefficient (Wildman–Crippen LogP) is 4.73. The molecule has 42 heavy (non-hydrogen) atoms. The number of pyridine rings is 2. The molecule has 8 heteroatoms. The highest BCUT2D eigenvalue weighted by Crippen LogP contribution is 2.29. The summed E-state index contributed by atoms with van der Waals surface area (Å²) in [5.74, 6) is 2.13. The van der Waals surface area contributed by atoms with E-state index in [9.17, 15) is 0 Å². The minimum Gasteiger partial charge on any atom is -0.354 e. The van der Waals surface area contributed by atoms with Crippen molar-refractivity contribution in [1.29, 1.82) is 0 Å². The van der Waals surface area contributed by atoms with Crippen LogP contribution in [0.25, 0.3) is 22.3 Å². The van der Waals surface area contributed by atoms with E-state index in [1.165, 1.54) is 16.7 Å². The lowest BCUT2D eigenvalue weighted by molar-refractivity contribution is 0.237. The maximum absolute atomic E-state index is 5.06. The normalized spacial score (nSPS) is 16.7. The Hall–Kier alpha value is -4.40. The summed E-state index contributed by atoms with van der Waals surface area (Å²) >= 11 is 0. The lowest BCUT2D eigenvalue weighted by Gasteiger charge is -2.37. The predicted molar refractivity (Wildman–Crippen MR) is 168 cm³/mol. The molecule has 2 fully saturated rings. The Balaban J connectivity index is 1.13. The highest BCUT2D eigenvalue weighted by Gasteiger charge is 2.23. The van der Waals surface area contributed by atoms with Crippen molar-refractivity contribution in [1.82, 2.24) is 29.7 Å². The van der Waals surface area contributed by atoms with Crippen LogP contribution in [0.3, 0.4) is 0 Å². The lowest BCUT2D eigenvalue weighted by atomic mass is 9.97. The van der Waals surface area contributed by atoms with Crippen LogP contribution in [-0.2, 0) is 13.1 Å². The molecular weight excluding hydrogens is 520 g/mol. The van der Waals surface area contributed by atoms with Crippen LogP contribution in [0.2, 0.25) is 0 Å². The lowest BCUT2D eigenvalue weighted by Crippen LogP contribution is -2.47. The molecule has 0 aliphatic carbocycles. The second-order valence-corrected chi connectivity index (χ2v) is 11.1. The van der Waals surface area contributed by atoms with Crippen LogP contribution in [-0.4, -0.2) is 82.1 Å². The van der Waals surface area contributed by atoms with Gasteiger partial charge in [-0.3, -0.25) is 14.8 Å². The molecule has 2 aliphatic heterocycles. The number of para-hydroxylation sites is 2. The van der Waals surface area contributed by atoms with Crippen molar-refractivity contribution in [2.75, 3.05) is 62.2 Å². The molecule has 2 aromatic carbocycles. The third kappa shape index (κ3) is 5.82. The monoisotopic (exact) mass is 556 g/mol. The standard InChI is InChI=1S/C34H36N8/c1-2-11-31-30(10-1)37-24-32(38-31)28-9-7-8-27(25-39-16-20-41(21-17-39)33-12-3-5-14-35-33)29(28)26-40-18-22-42(23-19-40)34-13-4-6-15-36-34/h1-15,24H,16-23,25-26H2. The molecule has 0 unspecified atom stereocenters. The van der Waals surface area contributed by atoms with Crippen molar-refractivity contribution < 1.29 is 0 Å². The Kier molecular flexibility index (Phi) is 7.71. The van der Waals surface area contributed by atoms with Gasteiger partial charge in [0.25, 0.3) is 0 Å². The Labute approximate surface area is 247 Å². The summed E-state index contributed by atoms with van der Waals surface area (Å²) in [4.78, 5) is 28.9. The smallest absolute Gasteiger partial charge is 0.128 e. The molecule has 0 N–H and O–H groups in total. The second-order valence-electron chi connectivity index (χ2n) is 11.1. The molecule has 8 nitrogen and oxygen atoms in total. The first-order valence-corrected chi connectivity index (χ1v) is 14.9. The molecule has 0 radical (unpaired) electrons. The fourth-order valence-corrected chi connectivity index (χ4v) is 6.11. The van der Waals surface area contributed by atoms with E-state index in [1.807, 2.05) is 55.0 Å². The Morgan fingerprint density at radius 1 is 0.524 bits per heavy atom. The number of hydrogen-bond acceptors (Lipinski definition) is 8. The summed E-state index contributed by atoms with van der Waals surface area (Å²) in [6.07, 6.45) is 5.70. The third-order valence-electron chi connectivity index (χ3n) is 8.46. The fourth-order valence-electron chi connectivity index (χ4n) is 6.11. The first-order valence-electron chi connectivity index (χ1n) is 14.9. The number of fused-ring (bicyclic) bond motifs is 1. The van der Waals surface area contributed by atoms with Crippen LogP contribution in [0.4, 0.5) is 11.6 Å². The molecular formula is C34H36N8. The van der Waals surface area contributed by atoms with Crippen LogP contribution in [0.15, 0.2) is 97.5 Å². The quantitative estimate of drug-likeness (QED) is 0.285. The minimum atomic E-state index is 0.893. The highest BCUT2D eigenvalue weighted by molar-refractivity contribution is 5.77. The summed E-state index contributed by atoms with van der Waals surface area (Å²) in [6.45, 7) is 9.75. The average molecular weight is 557 g/mol. The van der Waals surface area contributed by atoms with Crippen LogP contribution in [0, 0.1) is 0 Å². The van der Waals surface area contributed by atoms with E-state index in [0.717, 1.165) is 93.8 Å². The first kappa shape index (κ1) is 26.5. The van der Waals surface area contributed by atoms with Gasteiger partial charge in [-0.1, -0.05) is 42.5 Å². The summed E-state index contributed by atoms with van der Waals surface area (Å²) < 4.78 is 0. The van der Waals surface area contributed by atoms with Gasteiger partial charge in [0.1, 0.15) is 11.6 Å². The van der Waals surface area contributed by atoms with Gasteiger partial charge in [-0.05, 0) is 47.5 Å². The van der Waals surface area contributed by atoms with Gasteiger partial charge in [0.2, 0.25) is 0 Å². The molecule has 5 aromatic rings. The van der Waals surface area contributed by atoms with E-state index in [-0.39, 0.29) is 0 Å². The number of piperazine rings is 2. The molecule has 0 bridgehead atoms. The highest BCUT2D eigenvalue weighted by atomic mass is 15.3. The zero-order chi connectivity index (χ0) is 28.1. The molecule has 0 amide bonds. The van der Waals surface area contributed by atoms with Gasteiger partial charge in [-0.2, -0.15) is 0 Å². The van der Waals surface area contributed by atoms with E-state index >= 15 is 0 Å². The van der Waals surface area contributed by atoms with Crippen LogP contribution in [0.5, 0.6) is 0 Å². The van der Waals surface area contributed by atoms with Gasteiger partial charge >= 0.3 is 0 Å². The summed E-state index contributed by atoms with van der Waals surface area (Å²) in [7, 11) is 0. The number of aromatic nitrogens is 4. The van der Waals surface area contributed by atoms with Crippen LogP contribution >= 0.6 is 0 Å². The van der Waals surface area contributed by atoms with Crippen LogP contribution < -0.4 is 9.80 Å². The van der Waals surface area contributed by atoms with Crippen molar-refractivity contribution >= 4 is 22.7 Å². The second kappa shape index (κ2) is 12.2. The van der Waals surface area contributed by atoms with Gasteiger partial charge in [0, 0.05) is 83.4 Å². The van der Waals surface area contributed by atoms with Gasteiger partial charge in [0.15, 0.2) is 0 Å². The first-order chi connectivity index (χ1) is 20.8. The molecule has 7 rings (SSSR count). The van der Waals surface area contributed by atoms with Gasteiger partial charge < -0.3 is 9.80 Å². The van der Waals surface area contributed by atoms with Crippen LogP contribution in [0.1, 0.15) is 11.1 Å². The van der Waals surface area contributed by atoms with E-state index < -0.39 is 0 Å². The summed E-state index contributed by atoms with van der Waals surface area (Å²) in [6, 6.07) is 27.1. The molecule has 5 heterocycles. The Bertz CT molecular complexity index is 1610. The van der Waals surface area contributed by atoms with Crippen molar-refractivity contribution in [2.45, 2.75) is 13.1 Å².